The lowest BCUT2D eigenvalue weighted by molar-refractivity contribution is 0.0886. The molecule has 1 heterocycles. The Hall–Kier alpha value is -1.07. The lowest BCUT2D eigenvalue weighted by Gasteiger charge is -2.04. The first-order chi connectivity index (χ1) is 8.72. The average molecular weight is 256 g/mol. The summed E-state index contributed by atoms with van der Waals surface area (Å²) < 4.78 is 15.8. The summed E-state index contributed by atoms with van der Waals surface area (Å²) in [6.07, 6.45) is 2.96. The van der Waals surface area contributed by atoms with Crippen LogP contribution in [0.2, 0.25) is 0 Å². The van der Waals surface area contributed by atoms with Crippen molar-refractivity contribution in [1.29, 1.82) is 0 Å². The third kappa shape index (κ3) is 6.61. The van der Waals surface area contributed by atoms with Gasteiger partial charge in [-0.2, -0.15) is 4.98 Å². The molecule has 0 aliphatic carbocycles. The molecule has 1 rings (SSSR count). The molecule has 0 aliphatic heterocycles. The molecule has 0 amide bonds. The van der Waals surface area contributed by atoms with E-state index in [0.29, 0.717) is 31.8 Å². The van der Waals surface area contributed by atoms with Crippen molar-refractivity contribution < 1.29 is 13.9 Å². The molecular weight excluding hydrogens is 232 g/mol. The van der Waals surface area contributed by atoms with E-state index in [1.165, 1.54) is 0 Å². The Morgan fingerprint density at radius 1 is 1.33 bits per heavy atom. The maximum absolute atomic E-state index is 5.33. The van der Waals surface area contributed by atoms with Crippen LogP contribution in [-0.2, 0) is 11.3 Å². The molecule has 0 radical (unpaired) electrons. The third-order valence-electron chi connectivity index (χ3n) is 2.19. The number of aromatic nitrogens is 1. The molecule has 0 aromatic carbocycles. The van der Waals surface area contributed by atoms with Crippen molar-refractivity contribution in [2.75, 3.05) is 26.4 Å². The maximum Gasteiger partial charge on any atom is 0.393 e. The molecule has 5 nitrogen and oxygen atoms in total. The Morgan fingerprint density at radius 2 is 2.17 bits per heavy atom. The van der Waals surface area contributed by atoms with Gasteiger partial charge in [-0.1, -0.05) is 20.8 Å². The Morgan fingerprint density at radius 3 is 2.89 bits per heavy atom. The van der Waals surface area contributed by atoms with Crippen molar-refractivity contribution in [3.63, 3.8) is 0 Å². The zero-order chi connectivity index (χ0) is 13.2. The number of rotatable bonds is 10. The largest absolute Gasteiger partial charge is 0.448 e. The van der Waals surface area contributed by atoms with Crippen LogP contribution in [0.25, 0.3) is 0 Å². The van der Waals surface area contributed by atoms with Gasteiger partial charge >= 0.3 is 6.08 Å². The number of oxazole rings is 1. The van der Waals surface area contributed by atoms with Gasteiger partial charge in [-0.05, 0) is 18.9 Å². The van der Waals surface area contributed by atoms with E-state index < -0.39 is 0 Å². The normalized spacial score (nSPS) is 11.1. The third-order valence-corrected chi connectivity index (χ3v) is 2.19. The van der Waals surface area contributed by atoms with Crippen LogP contribution in [0.15, 0.2) is 10.7 Å². The Kier molecular flexibility index (Phi) is 7.44. The summed E-state index contributed by atoms with van der Waals surface area (Å²) in [5, 5.41) is 3.30. The molecule has 18 heavy (non-hydrogen) atoms. The summed E-state index contributed by atoms with van der Waals surface area (Å²) in [5.41, 5.74) is 0.861. The van der Waals surface area contributed by atoms with Crippen LogP contribution in [0.1, 0.15) is 32.9 Å². The van der Waals surface area contributed by atoms with Crippen molar-refractivity contribution in [1.82, 2.24) is 10.3 Å². The molecule has 0 fully saturated rings. The van der Waals surface area contributed by atoms with Crippen molar-refractivity contribution in [2.45, 2.75) is 33.7 Å². The van der Waals surface area contributed by atoms with Gasteiger partial charge in [0.15, 0.2) is 0 Å². The Balaban J connectivity index is 2.13. The minimum Gasteiger partial charge on any atom is -0.448 e. The number of nitrogens with one attached hydrogen (secondary N) is 1. The Bertz CT molecular complexity index is 313. The van der Waals surface area contributed by atoms with E-state index in [1.54, 1.807) is 6.26 Å². The first-order valence-corrected chi connectivity index (χ1v) is 6.58. The molecule has 1 N–H and O–H groups in total. The van der Waals surface area contributed by atoms with Crippen molar-refractivity contribution in [3.05, 3.63) is 12.0 Å². The van der Waals surface area contributed by atoms with Crippen LogP contribution in [-0.4, -0.2) is 31.3 Å². The topological polar surface area (TPSA) is 56.5 Å². The summed E-state index contributed by atoms with van der Waals surface area (Å²) >= 11 is 0. The maximum atomic E-state index is 5.33. The fourth-order valence-corrected chi connectivity index (χ4v) is 1.36. The lowest BCUT2D eigenvalue weighted by atomic mass is 10.2. The zero-order valence-electron chi connectivity index (χ0n) is 11.6. The highest BCUT2D eigenvalue weighted by atomic mass is 16.6. The van der Waals surface area contributed by atoms with Gasteiger partial charge in [-0.15, -0.1) is 0 Å². The average Bonchev–Trinajstić information content (AvgIpc) is 2.76. The zero-order valence-corrected chi connectivity index (χ0v) is 11.6. The standard InChI is InChI=1S/C13H24N2O3/c1-4-5-16-6-7-17-13-15-12(10-18-13)9-14-8-11(2)3/h10-11,14H,4-9H2,1-3H3. The molecule has 1 aromatic rings. The van der Waals surface area contributed by atoms with Crippen molar-refractivity contribution in [3.8, 4) is 6.08 Å². The van der Waals surface area contributed by atoms with E-state index in [1.807, 2.05) is 0 Å². The predicted octanol–water partition coefficient (Wildman–Crippen LogP) is 2.23. The molecule has 0 saturated heterocycles. The fraction of sp³-hybridized carbons (Fsp3) is 0.769. The van der Waals surface area contributed by atoms with Gasteiger partial charge in [-0.25, -0.2) is 0 Å². The smallest absolute Gasteiger partial charge is 0.393 e. The quantitative estimate of drug-likeness (QED) is 0.650. The second-order valence-electron chi connectivity index (χ2n) is 4.59. The van der Waals surface area contributed by atoms with Crippen LogP contribution in [0.4, 0.5) is 0 Å². The van der Waals surface area contributed by atoms with Crippen LogP contribution < -0.4 is 10.1 Å². The number of nitrogens with zero attached hydrogens (tertiary/aromatic N) is 1. The monoisotopic (exact) mass is 256 g/mol. The van der Waals surface area contributed by atoms with Gasteiger partial charge in [0.1, 0.15) is 12.9 Å². The van der Waals surface area contributed by atoms with E-state index in [9.17, 15) is 0 Å². The van der Waals surface area contributed by atoms with Gasteiger partial charge in [0.2, 0.25) is 0 Å². The second-order valence-corrected chi connectivity index (χ2v) is 4.59. The van der Waals surface area contributed by atoms with Gasteiger partial charge < -0.3 is 19.2 Å². The first kappa shape index (κ1) is 15.0. The molecular formula is C13H24N2O3. The van der Waals surface area contributed by atoms with E-state index in [4.69, 9.17) is 13.9 Å². The van der Waals surface area contributed by atoms with Gasteiger partial charge in [0.25, 0.3) is 0 Å². The summed E-state index contributed by atoms with van der Waals surface area (Å²) in [7, 11) is 0. The van der Waals surface area contributed by atoms with Crippen LogP contribution in [0, 0.1) is 5.92 Å². The number of hydrogen-bond donors (Lipinski definition) is 1. The molecule has 5 heteroatoms. The van der Waals surface area contributed by atoms with E-state index in [2.05, 4.69) is 31.1 Å². The van der Waals surface area contributed by atoms with Crippen molar-refractivity contribution in [2.24, 2.45) is 5.92 Å². The van der Waals surface area contributed by atoms with E-state index in [-0.39, 0.29) is 0 Å². The minimum atomic E-state index is 0.316. The SMILES string of the molecule is CCCOCCOc1nc(CNCC(C)C)co1. The minimum absolute atomic E-state index is 0.316. The summed E-state index contributed by atoms with van der Waals surface area (Å²) in [6, 6.07) is 0. The molecule has 0 saturated carbocycles. The summed E-state index contributed by atoms with van der Waals surface area (Å²) in [5.74, 6) is 0.628. The molecule has 0 atom stereocenters. The van der Waals surface area contributed by atoms with Gasteiger partial charge in [0.05, 0.1) is 12.3 Å². The molecule has 0 aliphatic rings. The van der Waals surface area contributed by atoms with E-state index in [0.717, 1.165) is 25.3 Å². The molecule has 0 spiro atoms. The number of ether oxygens (including phenoxy) is 2. The lowest BCUT2D eigenvalue weighted by Crippen LogP contribution is -2.19. The highest BCUT2D eigenvalue weighted by Crippen LogP contribution is 2.09. The Labute approximate surface area is 109 Å². The van der Waals surface area contributed by atoms with Crippen LogP contribution >= 0.6 is 0 Å². The second kappa shape index (κ2) is 8.94. The van der Waals surface area contributed by atoms with Gasteiger partial charge in [0, 0.05) is 13.2 Å². The van der Waals surface area contributed by atoms with E-state index >= 15 is 0 Å². The van der Waals surface area contributed by atoms with Crippen LogP contribution in [0.3, 0.4) is 0 Å². The summed E-state index contributed by atoms with van der Waals surface area (Å²) in [4.78, 5) is 4.22. The molecule has 0 unspecified atom stereocenters. The highest BCUT2D eigenvalue weighted by Gasteiger charge is 2.04. The highest BCUT2D eigenvalue weighted by molar-refractivity contribution is 4.99. The molecule has 1 aromatic heterocycles. The van der Waals surface area contributed by atoms with Crippen LogP contribution in [0.5, 0.6) is 6.08 Å². The summed E-state index contributed by atoms with van der Waals surface area (Å²) in [6.45, 7) is 9.88. The number of hydrogen-bond acceptors (Lipinski definition) is 5. The van der Waals surface area contributed by atoms with Crippen molar-refractivity contribution >= 4 is 0 Å². The fourth-order valence-electron chi connectivity index (χ4n) is 1.36. The first-order valence-electron chi connectivity index (χ1n) is 6.58. The van der Waals surface area contributed by atoms with Gasteiger partial charge in [-0.3, -0.25) is 0 Å². The predicted molar refractivity (Wildman–Crippen MR) is 69.7 cm³/mol. The molecule has 104 valence electrons. The molecule has 0 bridgehead atoms.